The monoisotopic (exact) mass is 283 g/mol. The van der Waals surface area contributed by atoms with Crippen LogP contribution >= 0.6 is 0 Å². The van der Waals surface area contributed by atoms with Gasteiger partial charge in [0.25, 0.3) is 0 Å². The van der Waals surface area contributed by atoms with Crippen LogP contribution in [0.15, 0.2) is 42.5 Å². The highest BCUT2D eigenvalue weighted by Gasteiger charge is 2.19. The van der Waals surface area contributed by atoms with Gasteiger partial charge in [0.15, 0.2) is 11.5 Å². The second-order valence-corrected chi connectivity index (χ2v) is 4.89. The van der Waals surface area contributed by atoms with Crippen molar-refractivity contribution in [1.82, 2.24) is 0 Å². The normalized spacial score (nSPS) is 12.2. The number of hydrogen-bond acceptors (Lipinski definition) is 3. The van der Waals surface area contributed by atoms with Gasteiger partial charge in [-0.1, -0.05) is 37.3 Å². The van der Waals surface area contributed by atoms with Gasteiger partial charge in [-0.25, -0.2) is 0 Å². The summed E-state index contributed by atoms with van der Waals surface area (Å²) >= 11 is 0. The molecule has 1 amide bonds. The minimum atomic E-state index is -0.0557. The van der Waals surface area contributed by atoms with Crippen molar-refractivity contribution >= 4 is 11.6 Å². The quantitative estimate of drug-likeness (QED) is 0.937. The molecule has 0 radical (unpaired) electrons. The van der Waals surface area contributed by atoms with Gasteiger partial charge in [0, 0.05) is 11.3 Å². The Bertz CT molecular complexity index is 667. The summed E-state index contributed by atoms with van der Waals surface area (Å²) in [4.78, 5) is 12.2. The summed E-state index contributed by atoms with van der Waals surface area (Å²) in [5, 5.41) is 2.97. The van der Waals surface area contributed by atoms with Crippen molar-refractivity contribution in [2.45, 2.75) is 19.8 Å². The molecule has 4 heteroatoms. The lowest BCUT2D eigenvalue weighted by molar-refractivity contribution is -0.115. The molecule has 0 bridgehead atoms. The van der Waals surface area contributed by atoms with Crippen LogP contribution in [0.4, 0.5) is 5.69 Å². The van der Waals surface area contributed by atoms with Crippen molar-refractivity contribution in [2.24, 2.45) is 0 Å². The SMILES string of the molecule is CCc1ccccc1NC(=O)Cc1cccc2c1OCO2. The van der Waals surface area contributed by atoms with E-state index in [1.165, 1.54) is 0 Å². The Morgan fingerprint density at radius 3 is 2.76 bits per heavy atom. The lowest BCUT2D eigenvalue weighted by atomic mass is 10.1. The van der Waals surface area contributed by atoms with E-state index in [0.717, 1.165) is 23.2 Å². The summed E-state index contributed by atoms with van der Waals surface area (Å²) in [7, 11) is 0. The van der Waals surface area contributed by atoms with Crippen LogP contribution in [0, 0.1) is 0 Å². The molecule has 1 heterocycles. The molecule has 1 N–H and O–H groups in total. The third-order valence-electron chi connectivity index (χ3n) is 3.50. The number of rotatable bonds is 4. The zero-order valence-electron chi connectivity index (χ0n) is 11.9. The van der Waals surface area contributed by atoms with Crippen LogP contribution in [0.5, 0.6) is 11.5 Å². The van der Waals surface area contributed by atoms with Crippen molar-refractivity contribution < 1.29 is 14.3 Å². The van der Waals surface area contributed by atoms with E-state index in [1.807, 2.05) is 42.5 Å². The van der Waals surface area contributed by atoms with Crippen LogP contribution in [-0.4, -0.2) is 12.7 Å². The van der Waals surface area contributed by atoms with Crippen molar-refractivity contribution in [3.8, 4) is 11.5 Å². The third kappa shape index (κ3) is 2.84. The van der Waals surface area contributed by atoms with Crippen LogP contribution in [0.2, 0.25) is 0 Å². The topological polar surface area (TPSA) is 47.6 Å². The summed E-state index contributed by atoms with van der Waals surface area (Å²) in [6.45, 7) is 2.28. The maximum Gasteiger partial charge on any atom is 0.231 e. The molecule has 0 fully saturated rings. The number of para-hydroxylation sites is 2. The second kappa shape index (κ2) is 5.87. The van der Waals surface area contributed by atoms with Gasteiger partial charge in [0.1, 0.15) is 0 Å². The van der Waals surface area contributed by atoms with E-state index in [9.17, 15) is 4.79 Å². The third-order valence-corrected chi connectivity index (χ3v) is 3.50. The number of amides is 1. The number of fused-ring (bicyclic) bond motifs is 1. The van der Waals surface area contributed by atoms with Crippen LogP contribution in [0.25, 0.3) is 0 Å². The number of ether oxygens (including phenoxy) is 2. The lowest BCUT2D eigenvalue weighted by Gasteiger charge is -2.10. The van der Waals surface area contributed by atoms with Gasteiger partial charge in [-0.15, -0.1) is 0 Å². The molecular weight excluding hydrogens is 266 g/mol. The Morgan fingerprint density at radius 2 is 1.90 bits per heavy atom. The Hall–Kier alpha value is -2.49. The van der Waals surface area contributed by atoms with Gasteiger partial charge >= 0.3 is 0 Å². The molecule has 108 valence electrons. The van der Waals surface area contributed by atoms with E-state index in [0.29, 0.717) is 11.5 Å². The molecule has 1 aliphatic heterocycles. The van der Waals surface area contributed by atoms with Crippen LogP contribution < -0.4 is 14.8 Å². The van der Waals surface area contributed by atoms with Gasteiger partial charge in [-0.3, -0.25) is 4.79 Å². The summed E-state index contributed by atoms with van der Waals surface area (Å²) in [5.41, 5.74) is 2.84. The van der Waals surface area contributed by atoms with Crippen molar-refractivity contribution in [2.75, 3.05) is 12.1 Å². The average molecular weight is 283 g/mol. The number of carbonyl (C=O) groups excluding carboxylic acids is 1. The molecule has 0 aromatic heterocycles. The van der Waals surface area contributed by atoms with E-state index < -0.39 is 0 Å². The zero-order chi connectivity index (χ0) is 14.7. The lowest BCUT2D eigenvalue weighted by Crippen LogP contribution is -2.15. The standard InChI is InChI=1S/C17H17NO3/c1-2-12-6-3-4-8-14(12)18-16(19)10-13-7-5-9-15-17(13)21-11-20-15/h3-9H,2,10-11H2,1H3,(H,18,19). The van der Waals surface area contributed by atoms with E-state index in [4.69, 9.17) is 9.47 Å². The molecular formula is C17H17NO3. The fraction of sp³-hybridized carbons (Fsp3) is 0.235. The zero-order valence-corrected chi connectivity index (χ0v) is 11.9. The van der Waals surface area contributed by atoms with Gasteiger partial charge in [-0.05, 0) is 24.1 Å². The fourth-order valence-electron chi connectivity index (χ4n) is 2.45. The van der Waals surface area contributed by atoms with Crippen molar-refractivity contribution in [3.63, 3.8) is 0 Å². The molecule has 2 aromatic carbocycles. The molecule has 0 spiro atoms. The Labute approximate surface area is 123 Å². The molecule has 21 heavy (non-hydrogen) atoms. The number of benzene rings is 2. The van der Waals surface area contributed by atoms with Crippen molar-refractivity contribution in [1.29, 1.82) is 0 Å². The van der Waals surface area contributed by atoms with Gasteiger partial charge in [-0.2, -0.15) is 0 Å². The molecule has 0 unspecified atom stereocenters. The molecule has 3 rings (SSSR count). The number of aryl methyl sites for hydroxylation is 1. The van der Waals surface area contributed by atoms with Crippen LogP contribution in [-0.2, 0) is 17.6 Å². The van der Waals surface area contributed by atoms with Gasteiger partial charge < -0.3 is 14.8 Å². The summed E-state index contributed by atoms with van der Waals surface area (Å²) in [5.74, 6) is 1.32. The highest BCUT2D eigenvalue weighted by molar-refractivity contribution is 5.93. The number of nitrogens with one attached hydrogen (secondary N) is 1. The summed E-state index contributed by atoms with van der Waals surface area (Å²) in [6, 6.07) is 13.4. The van der Waals surface area contributed by atoms with Crippen LogP contribution in [0.1, 0.15) is 18.1 Å². The first-order chi connectivity index (χ1) is 10.3. The van der Waals surface area contributed by atoms with Gasteiger partial charge in [0.05, 0.1) is 6.42 Å². The Morgan fingerprint density at radius 1 is 1.10 bits per heavy atom. The molecule has 4 nitrogen and oxygen atoms in total. The number of carbonyl (C=O) groups is 1. The molecule has 0 atom stereocenters. The molecule has 2 aromatic rings. The summed E-state index contributed by atoms with van der Waals surface area (Å²) in [6.07, 6.45) is 1.15. The smallest absolute Gasteiger partial charge is 0.231 e. The fourth-order valence-corrected chi connectivity index (χ4v) is 2.45. The Kier molecular flexibility index (Phi) is 3.77. The van der Waals surface area contributed by atoms with Crippen LogP contribution in [0.3, 0.4) is 0 Å². The molecule has 0 saturated carbocycles. The first-order valence-corrected chi connectivity index (χ1v) is 7.03. The van der Waals surface area contributed by atoms with E-state index >= 15 is 0 Å². The first-order valence-electron chi connectivity index (χ1n) is 7.03. The molecule has 1 aliphatic rings. The maximum absolute atomic E-state index is 12.2. The minimum Gasteiger partial charge on any atom is -0.454 e. The molecule has 0 aliphatic carbocycles. The van der Waals surface area contributed by atoms with E-state index in [2.05, 4.69) is 12.2 Å². The van der Waals surface area contributed by atoms with E-state index in [1.54, 1.807) is 0 Å². The predicted molar refractivity (Wildman–Crippen MR) is 80.7 cm³/mol. The highest BCUT2D eigenvalue weighted by Crippen LogP contribution is 2.35. The number of hydrogen-bond donors (Lipinski definition) is 1. The number of anilines is 1. The maximum atomic E-state index is 12.2. The Balaban J connectivity index is 1.74. The predicted octanol–water partition coefficient (Wildman–Crippen LogP) is 3.16. The van der Waals surface area contributed by atoms with E-state index in [-0.39, 0.29) is 19.1 Å². The van der Waals surface area contributed by atoms with Gasteiger partial charge in [0.2, 0.25) is 12.7 Å². The first kappa shape index (κ1) is 13.5. The largest absolute Gasteiger partial charge is 0.454 e. The van der Waals surface area contributed by atoms with Crippen molar-refractivity contribution in [3.05, 3.63) is 53.6 Å². The second-order valence-electron chi connectivity index (χ2n) is 4.89. The highest BCUT2D eigenvalue weighted by atomic mass is 16.7. The summed E-state index contributed by atoms with van der Waals surface area (Å²) < 4.78 is 10.7. The molecule has 0 saturated heterocycles. The minimum absolute atomic E-state index is 0.0557. The average Bonchev–Trinajstić information content (AvgIpc) is 2.97.